The van der Waals surface area contributed by atoms with Gasteiger partial charge in [-0.05, 0) is 55.9 Å². The number of hydrogen-bond donors (Lipinski definition) is 1. The normalized spacial score (nSPS) is 19.6. The van der Waals surface area contributed by atoms with Crippen molar-refractivity contribution in [2.24, 2.45) is 0 Å². The van der Waals surface area contributed by atoms with Crippen molar-refractivity contribution in [1.82, 2.24) is 14.5 Å². The van der Waals surface area contributed by atoms with Crippen LogP contribution in [-0.2, 0) is 27.7 Å². The number of benzene rings is 1. The molecular weight excluding hydrogens is 362 g/mol. The highest BCUT2D eigenvalue weighted by Gasteiger charge is 2.30. The lowest BCUT2D eigenvalue weighted by Gasteiger charge is -2.33. The molecule has 1 aromatic rings. The van der Waals surface area contributed by atoms with E-state index in [0.717, 1.165) is 32.1 Å². The van der Waals surface area contributed by atoms with Crippen LogP contribution in [0.1, 0.15) is 44.2 Å². The summed E-state index contributed by atoms with van der Waals surface area (Å²) in [5, 5.41) is 3.01. The van der Waals surface area contributed by atoms with Crippen LogP contribution < -0.4 is 5.32 Å². The van der Waals surface area contributed by atoms with Crippen molar-refractivity contribution in [3.8, 4) is 0 Å². The molecule has 1 N–H and O–H groups in total. The average Bonchev–Trinajstić information content (AvgIpc) is 3.10. The first-order valence-electron chi connectivity index (χ1n) is 10.0. The molecule has 0 saturated carbocycles. The number of amides is 1. The van der Waals surface area contributed by atoms with E-state index in [9.17, 15) is 13.2 Å². The molecule has 150 valence electrons. The molecule has 1 heterocycles. The lowest BCUT2D eigenvalue weighted by molar-refractivity contribution is -0.123. The Hall–Kier alpha value is -1.44. The number of aryl methyl sites for hydroxylation is 2. The third-order valence-electron chi connectivity index (χ3n) is 5.54. The number of piperazine rings is 1. The fraction of sp³-hybridized carbons (Fsp3) is 0.650. The summed E-state index contributed by atoms with van der Waals surface area (Å²) >= 11 is 0. The van der Waals surface area contributed by atoms with Gasteiger partial charge in [-0.15, -0.1) is 0 Å². The van der Waals surface area contributed by atoms with Crippen molar-refractivity contribution in [2.45, 2.75) is 56.9 Å². The molecule has 1 atom stereocenters. The molecular formula is C20H31N3O3S. The molecule has 1 aliphatic heterocycles. The zero-order valence-corrected chi connectivity index (χ0v) is 17.2. The average molecular weight is 394 g/mol. The molecule has 1 amide bonds. The fourth-order valence-corrected chi connectivity index (χ4v) is 5.49. The number of hydrogen-bond acceptors (Lipinski definition) is 4. The van der Waals surface area contributed by atoms with Crippen LogP contribution in [0.25, 0.3) is 0 Å². The molecule has 1 aliphatic carbocycles. The topological polar surface area (TPSA) is 69.7 Å². The minimum Gasteiger partial charge on any atom is -0.353 e. The number of carbonyl (C=O) groups is 1. The first-order chi connectivity index (χ1) is 12.9. The molecule has 2 aliphatic rings. The summed E-state index contributed by atoms with van der Waals surface area (Å²) in [6.07, 6.45) is 5.14. The monoisotopic (exact) mass is 393 g/mol. The van der Waals surface area contributed by atoms with Crippen LogP contribution in [0, 0.1) is 0 Å². The quantitative estimate of drug-likeness (QED) is 0.767. The van der Waals surface area contributed by atoms with Gasteiger partial charge in [0.2, 0.25) is 15.9 Å². The summed E-state index contributed by atoms with van der Waals surface area (Å²) in [7, 11) is -3.46. The highest BCUT2D eigenvalue weighted by Crippen LogP contribution is 2.26. The van der Waals surface area contributed by atoms with Crippen molar-refractivity contribution in [1.29, 1.82) is 0 Å². The Morgan fingerprint density at radius 2 is 1.85 bits per heavy atom. The molecule has 1 fully saturated rings. The summed E-state index contributed by atoms with van der Waals surface area (Å²) in [6.45, 7) is 6.47. The second-order valence-electron chi connectivity index (χ2n) is 7.72. The number of nitrogens with zero attached hydrogens (tertiary/aromatic N) is 2. The zero-order chi connectivity index (χ0) is 19.4. The largest absolute Gasteiger partial charge is 0.353 e. The lowest BCUT2D eigenvalue weighted by Crippen LogP contribution is -2.51. The van der Waals surface area contributed by atoms with Crippen molar-refractivity contribution >= 4 is 15.9 Å². The summed E-state index contributed by atoms with van der Waals surface area (Å²) < 4.78 is 27.5. The minimum absolute atomic E-state index is 0.0193. The molecule has 7 heteroatoms. The van der Waals surface area contributed by atoms with Crippen molar-refractivity contribution in [3.05, 3.63) is 29.3 Å². The molecule has 3 rings (SSSR count). The molecule has 0 radical (unpaired) electrons. The van der Waals surface area contributed by atoms with E-state index in [1.807, 2.05) is 24.0 Å². The van der Waals surface area contributed by atoms with Gasteiger partial charge < -0.3 is 5.32 Å². The van der Waals surface area contributed by atoms with Gasteiger partial charge >= 0.3 is 0 Å². The van der Waals surface area contributed by atoms with E-state index in [0.29, 0.717) is 37.6 Å². The van der Waals surface area contributed by atoms with Gasteiger partial charge in [0.1, 0.15) is 0 Å². The smallest absolute Gasteiger partial charge is 0.243 e. The Kier molecular flexibility index (Phi) is 6.55. The Morgan fingerprint density at radius 1 is 1.15 bits per heavy atom. The van der Waals surface area contributed by atoms with Crippen LogP contribution >= 0.6 is 0 Å². The molecule has 1 saturated heterocycles. The highest BCUT2D eigenvalue weighted by atomic mass is 32.2. The number of sulfonamides is 1. The molecule has 6 nitrogen and oxygen atoms in total. The van der Waals surface area contributed by atoms with Gasteiger partial charge in [-0.1, -0.05) is 19.4 Å². The standard InChI is InChI=1S/C20H31N3O3S/c1-3-5-16(2)21-20(24)15-22-10-12-23(13-11-22)27(25,26)19-9-8-17-6-4-7-18(17)14-19/h8-9,14,16H,3-7,10-13,15H2,1-2H3,(H,21,24). The van der Waals surface area contributed by atoms with E-state index in [1.165, 1.54) is 11.1 Å². The van der Waals surface area contributed by atoms with Gasteiger partial charge in [0.15, 0.2) is 0 Å². The van der Waals surface area contributed by atoms with Crippen molar-refractivity contribution < 1.29 is 13.2 Å². The summed E-state index contributed by atoms with van der Waals surface area (Å²) in [5.74, 6) is 0.0193. The van der Waals surface area contributed by atoms with Crippen molar-refractivity contribution in [2.75, 3.05) is 32.7 Å². The zero-order valence-electron chi connectivity index (χ0n) is 16.4. The van der Waals surface area contributed by atoms with E-state index in [1.54, 1.807) is 10.4 Å². The second-order valence-corrected chi connectivity index (χ2v) is 9.66. The van der Waals surface area contributed by atoms with E-state index in [2.05, 4.69) is 12.2 Å². The maximum absolute atomic E-state index is 13.0. The number of rotatable bonds is 7. The molecule has 1 aromatic carbocycles. The van der Waals surface area contributed by atoms with E-state index >= 15 is 0 Å². The molecule has 0 aromatic heterocycles. The van der Waals surface area contributed by atoms with Gasteiger partial charge in [-0.3, -0.25) is 9.69 Å². The Bertz CT molecular complexity index is 771. The molecule has 27 heavy (non-hydrogen) atoms. The van der Waals surface area contributed by atoms with Crippen molar-refractivity contribution in [3.63, 3.8) is 0 Å². The Labute approximate surface area is 163 Å². The molecule has 1 unspecified atom stereocenters. The van der Waals surface area contributed by atoms with Crippen LogP contribution in [0.3, 0.4) is 0 Å². The number of carbonyl (C=O) groups excluding carboxylic acids is 1. The summed E-state index contributed by atoms with van der Waals surface area (Å²) in [6, 6.07) is 5.75. The fourth-order valence-electron chi connectivity index (χ4n) is 4.01. The first kappa shape index (κ1) is 20.3. The van der Waals surface area contributed by atoms with E-state index in [4.69, 9.17) is 0 Å². The van der Waals surface area contributed by atoms with E-state index in [-0.39, 0.29) is 11.9 Å². The highest BCUT2D eigenvalue weighted by molar-refractivity contribution is 7.89. The number of nitrogens with one attached hydrogen (secondary N) is 1. The van der Waals surface area contributed by atoms with Gasteiger partial charge in [0.05, 0.1) is 11.4 Å². The third kappa shape index (κ3) is 4.89. The molecule has 0 spiro atoms. The lowest BCUT2D eigenvalue weighted by atomic mass is 10.1. The summed E-state index contributed by atoms with van der Waals surface area (Å²) in [4.78, 5) is 14.6. The summed E-state index contributed by atoms with van der Waals surface area (Å²) in [5.41, 5.74) is 2.45. The third-order valence-corrected chi connectivity index (χ3v) is 7.43. The Morgan fingerprint density at radius 3 is 2.56 bits per heavy atom. The van der Waals surface area contributed by atoms with Crippen LogP contribution in [0.2, 0.25) is 0 Å². The van der Waals surface area contributed by atoms with E-state index < -0.39 is 10.0 Å². The molecule has 0 bridgehead atoms. The van der Waals surface area contributed by atoms with Gasteiger partial charge in [0, 0.05) is 32.2 Å². The Balaban J connectivity index is 1.54. The predicted octanol–water partition coefficient (Wildman–Crippen LogP) is 1.79. The number of fused-ring (bicyclic) bond motifs is 1. The maximum atomic E-state index is 13.0. The van der Waals surface area contributed by atoms with Gasteiger partial charge in [-0.25, -0.2) is 8.42 Å². The van der Waals surface area contributed by atoms with Crippen LogP contribution in [0.5, 0.6) is 0 Å². The minimum atomic E-state index is -3.46. The SMILES string of the molecule is CCCC(C)NC(=O)CN1CCN(S(=O)(=O)c2ccc3c(c2)CCC3)CC1. The van der Waals surface area contributed by atoms with Crippen LogP contribution in [0.4, 0.5) is 0 Å². The van der Waals surface area contributed by atoms with Crippen LogP contribution in [0.15, 0.2) is 23.1 Å². The predicted molar refractivity (Wildman–Crippen MR) is 106 cm³/mol. The second kappa shape index (κ2) is 8.71. The van der Waals surface area contributed by atoms with Gasteiger partial charge in [0.25, 0.3) is 0 Å². The van der Waals surface area contributed by atoms with Crippen LogP contribution in [-0.4, -0.2) is 62.3 Å². The first-order valence-corrected chi connectivity index (χ1v) is 11.5. The van der Waals surface area contributed by atoms with Gasteiger partial charge in [-0.2, -0.15) is 4.31 Å². The maximum Gasteiger partial charge on any atom is 0.243 e.